The summed E-state index contributed by atoms with van der Waals surface area (Å²) < 4.78 is 0. The number of rotatable bonds is 5. The Hall–Kier alpha value is -2.91. The molecule has 0 saturated heterocycles. The van der Waals surface area contributed by atoms with Gasteiger partial charge < -0.3 is 10.6 Å². The van der Waals surface area contributed by atoms with E-state index in [-0.39, 0.29) is 18.4 Å². The van der Waals surface area contributed by atoms with Gasteiger partial charge in [0.05, 0.1) is 28.5 Å². The van der Waals surface area contributed by atoms with Gasteiger partial charge in [-0.3, -0.25) is 9.59 Å². The van der Waals surface area contributed by atoms with E-state index >= 15 is 0 Å². The van der Waals surface area contributed by atoms with Crippen LogP contribution in [0.2, 0.25) is 0 Å². The number of aromatic nitrogens is 1. The molecule has 0 spiro atoms. The van der Waals surface area contributed by atoms with Gasteiger partial charge in [-0.15, -0.1) is 17.8 Å². The lowest BCUT2D eigenvalue weighted by Crippen LogP contribution is -2.25. The van der Waals surface area contributed by atoms with Crippen molar-refractivity contribution in [2.75, 3.05) is 11.9 Å². The van der Waals surface area contributed by atoms with Crippen molar-refractivity contribution < 1.29 is 9.59 Å². The number of carbonyl (C=O) groups excluding carboxylic acids is 2. The predicted octanol–water partition coefficient (Wildman–Crippen LogP) is 2.47. The van der Waals surface area contributed by atoms with Gasteiger partial charge >= 0.3 is 0 Å². The number of terminal acetylenes is 1. The van der Waals surface area contributed by atoms with Crippen molar-refractivity contribution in [3.05, 3.63) is 52.0 Å². The van der Waals surface area contributed by atoms with E-state index in [4.69, 9.17) is 6.42 Å². The van der Waals surface area contributed by atoms with Crippen LogP contribution in [0.5, 0.6) is 0 Å². The molecule has 2 N–H and O–H groups in total. The molecule has 2 aromatic rings. The minimum absolute atomic E-state index is 0.129. The molecule has 1 aromatic heterocycles. The Morgan fingerprint density at radius 3 is 2.87 bits per heavy atom. The van der Waals surface area contributed by atoms with Crippen LogP contribution in [0.4, 0.5) is 5.69 Å². The van der Waals surface area contributed by atoms with Gasteiger partial charge in [-0.05, 0) is 25.1 Å². The van der Waals surface area contributed by atoms with Crippen LogP contribution in [0.1, 0.15) is 21.1 Å². The topological polar surface area (TPSA) is 71.1 Å². The summed E-state index contributed by atoms with van der Waals surface area (Å²) >= 11 is 1.51. The molecule has 0 saturated carbocycles. The molecule has 116 valence electrons. The molecule has 23 heavy (non-hydrogen) atoms. The lowest BCUT2D eigenvalue weighted by molar-refractivity contribution is -0.111. The molecule has 0 unspecified atom stereocenters. The van der Waals surface area contributed by atoms with Crippen LogP contribution in [-0.2, 0) is 4.79 Å². The van der Waals surface area contributed by atoms with Gasteiger partial charge in [-0.25, -0.2) is 4.98 Å². The fourth-order valence-electron chi connectivity index (χ4n) is 1.81. The van der Waals surface area contributed by atoms with Crippen molar-refractivity contribution in [1.82, 2.24) is 10.3 Å². The quantitative estimate of drug-likeness (QED) is 0.655. The van der Waals surface area contributed by atoms with Crippen LogP contribution in [-0.4, -0.2) is 23.3 Å². The summed E-state index contributed by atoms with van der Waals surface area (Å²) in [7, 11) is 0. The smallest absolute Gasteiger partial charge is 0.254 e. The Balaban J connectivity index is 2.07. The summed E-state index contributed by atoms with van der Waals surface area (Å²) in [5.74, 6) is 1.66. The highest BCUT2D eigenvalue weighted by Gasteiger charge is 2.11. The summed E-state index contributed by atoms with van der Waals surface area (Å²) in [5.41, 5.74) is 1.50. The monoisotopic (exact) mass is 325 g/mol. The SMILES string of the molecule is C#CCNC(=O)c1ccccc1NC(=O)/C=C/c1csc(C)n1. The standard InChI is InChI=1S/C17H15N3O2S/c1-3-10-18-17(22)14-6-4-5-7-15(14)20-16(21)9-8-13-11-23-12(2)19-13/h1,4-9,11H,10H2,2H3,(H,18,22)(H,20,21)/b9-8+. The van der Waals surface area contributed by atoms with E-state index < -0.39 is 0 Å². The third kappa shape index (κ3) is 4.80. The van der Waals surface area contributed by atoms with Gasteiger partial charge in [0.2, 0.25) is 5.91 Å². The lowest BCUT2D eigenvalue weighted by atomic mass is 10.1. The van der Waals surface area contributed by atoms with Crippen molar-refractivity contribution in [3.63, 3.8) is 0 Å². The number of para-hydroxylation sites is 1. The van der Waals surface area contributed by atoms with Crippen LogP contribution in [0.25, 0.3) is 6.08 Å². The van der Waals surface area contributed by atoms with E-state index in [9.17, 15) is 9.59 Å². The van der Waals surface area contributed by atoms with Gasteiger partial charge in [-0.2, -0.15) is 0 Å². The maximum absolute atomic E-state index is 12.0. The number of nitrogens with zero attached hydrogens (tertiary/aromatic N) is 1. The molecule has 0 aliphatic heterocycles. The zero-order chi connectivity index (χ0) is 16.7. The molecule has 2 amide bonds. The number of hydrogen-bond acceptors (Lipinski definition) is 4. The van der Waals surface area contributed by atoms with E-state index in [1.54, 1.807) is 30.3 Å². The maximum Gasteiger partial charge on any atom is 0.254 e. The number of aryl methyl sites for hydroxylation is 1. The van der Waals surface area contributed by atoms with E-state index in [0.717, 1.165) is 10.7 Å². The summed E-state index contributed by atoms with van der Waals surface area (Å²) in [6, 6.07) is 6.73. The number of amides is 2. The van der Waals surface area contributed by atoms with Crippen molar-refractivity contribution >= 4 is 34.9 Å². The van der Waals surface area contributed by atoms with Crippen molar-refractivity contribution in [2.24, 2.45) is 0 Å². The summed E-state index contributed by atoms with van der Waals surface area (Å²) in [4.78, 5) is 28.2. The number of carbonyl (C=O) groups is 2. The molecular formula is C17H15N3O2S. The predicted molar refractivity (Wildman–Crippen MR) is 92.1 cm³/mol. The van der Waals surface area contributed by atoms with Gasteiger partial charge in [0.25, 0.3) is 5.91 Å². The second-order valence-electron chi connectivity index (χ2n) is 4.55. The average Bonchev–Trinajstić information content (AvgIpc) is 2.96. The zero-order valence-electron chi connectivity index (χ0n) is 12.5. The molecule has 0 bridgehead atoms. The zero-order valence-corrected chi connectivity index (χ0v) is 13.3. The van der Waals surface area contributed by atoms with E-state index in [2.05, 4.69) is 21.5 Å². The minimum Gasteiger partial charge on any atom is -0.341 e. The Morgan fingerprint density at radius 2 is 2.17 bits per heavy atom. The van der Waals surface area contributed by atoms with E-state index in [1.165, 1.54) is 17.4 Å². The Kier molecular flexibility index (Phi) is 5.67. The number of anilines is 1. The molecule has 5 nitrogen and oxygen atoms in total. The van der Waals surface area contributed by atoms with Gasteiger partial charge in [0.1, 0.15) is 0 Å². The fourth-order valence-corrected chi connectivity index (χ4v) is 2.39. The minimum atomic E-state index is -0.340. The maximum atomic E-state index is 12.0. The molecule has 0 aliphatic rings. The first-order valence-electron chi connectivity index (χ1n) is 6.82. The highest BCUT2D eigenvalue weighted by Crippen LogP contribution is 2.15. The van der Waals surface area contributed by atoms with Crippen molar-refractivity contribution in [2.45, 2.75) is 6.92 Å². The summed E-state index contributed by atoms with van der Waals surface area (Å²) in [6.45, 7) is 2.03. The molecule has 0 radical (unpaired) electrons. The summed E-state index contributed by atoms with van der Waals surface area (Å²) in [5, 5.41) is 8.04. The second kappa shape index (κ2) is 7.92. The van der Waals surface area contributed by atoms with Gasteiger partial charge in [0, 0.05) is 11.5 Å². The third-order valence-corrected chi connectivity index (χ3v) is 3.61. The van der Waals surface area contributed by atoms with Crippen LogP contribution >= 0.6 is 11.3 Å². The third-order valence-electron chi connectivity index (χ3n) is 2.82. The molecule has 0 atom stereocenters. The van der Waals surface area contributed by atoms with Crippen molar-refractivity contribution in [3.8, 4) is 12.3 Å². The van der Waals surface area contributed by atoms with Crippen LogP contribution < -0.4 is 10.6 Å². The van der Waals surface area contributed by atoms with Gasteiger partial charge in [-0.1, -0.05) is 18.1 Å². The summed E-state index contributed by atoms with van der Waals surface area (Å²) in [6.07, 6.45) is 8.13. The van der Waals surface area contributed by atoms with Crippen molar-refractivity contribution in [1.29, 1.82) is 0 Å². The fraction of sp³-hybridized carbons (Fsp3) is 0.118. The second-order valence-corrected chi connectivity index (χ2v) is 5.61. The van der Waals surface area contributed by atoms with E-state index in [0.29, 0.717) is 11.3 Å². The number of benzene rings is 1. The Morgan fingerprint density at radius 1 is 1.39 bits per heavy atom. The normalized spacial score (nSPS) is 10.3. The highest BCUT2D eigenvalue weighted by molar-refractivity contribution is 7.09. The number of hydrogen-bond donors (Lipinski definition) is 2. The largest absolute Gasteiger partial charge is 0.341 e. The molecule has 1 aromatic carbocycles. The average molecular weight is 325 g/mol. The first-order valence-corrected chi connectivity index (χ1v) is 7.70. The molecule has 6 heteroatoms. The van der Waals surface area contributed by atoms with Crippen LogP contribution in [0.15, 0.2) is 35.7 Å². The molecular weight excluding hydrogens is 310 g/mol. The Labute approximate surface area is 138 Å². The lowest BCUT2D eigenvalue weighted by Gasteiger charge is -2.09. The molecule has 0 aliphatic carbocycles. The molecule has 0 fully saturated rings. The van der Waals surface area contributed by atoms with Crippen LogP contribution in [0, 0.1) is 19.3 Å². The molecule has 1 heterocycles. The van der Waals surface area contributed by atoms with Gasteiger partial charge in [0.15, 0.2) is 0 Å². The number of nitrogens with one attached hydrogen (secondary N) is 2. The number of thiazole rings is 1. The van der Waals surface area contributed by atoms with Crippen LogP contribution in [0.3, 0.4) is 0 Å². The first kappa shape index (κ1) is 16.5. The highest BCUT2D eigenvalue weighted by atomic mass is 32.1. The van der Waals surface area contributed by atoms with E-state index in [1.807, 2.05) is 12.3 Å². The Bertz CT molecular complexity index is 787. The molecule has 2 rings (SSSR count). The first-order chi connectivity index (χ1) is 11.1.